The lowest BCUT2D eigenvalue weighted by Gasteiger charge is -2.29. The molecule has 0 saturated carbocycles. The van der Waals surface area contributed by atoms with E-state index in [2.05, 4.69) is 11.9 Å². The van der Waals surface area contributed by atoms with Crippen LogP contribution >= 0.6 is 22.9 Å². The van der Waals surface area contributed by atoms with Crippen LogP contribution in [-0.4, -0.2) is 50.8 Å². The SMILES string of the molecule is C[NH+]1CCN(c2nc3ccc(OC(=O)COc4ccc(Cl)cc4)cc3s2)CC1. The molecule has 4 rings (SSSR count). The minimum absolute atomic E-state index is 0.169. The topological polar surface area (TPSA) is 56.1 Å². The van der Waals surface area contributed by atoms with Crippen molar-refractivity contribution in [3.8, 4) is 11.5 Å². The minimum Gasteiger partial charge on any atom is -0.482 e. The summed E-state index contributed by atoms with van der Waals surface area (Å²) >= 11 is 7.46. The first kappa shape index (κ1) is 19.0. The van der Waals surface area contributed by atoms with Gasteiger partial charge < -0.3 is 19.3 Å². The van der Waals surface area contributed by atoms with Gasteiger partial charge in [0.05, 0.1) is 43.4 Å². The van der Waals surface area contributed by atoms with E-state index in [9.17, 15) is 4.79 Å². The first-order chi connectivity index (χ1) is 13.6. The largest absolute Gasteiger partial charge is 0.482 e. The molecule has 146 valence electrons. The molecule has 1 N–H and O–H groups in total. The molecule has 1 saturated heterocycles. The van der Waals surface area contributed by atoms with E-state index in [-0.39, 0.29) is 6.61 Å². The highest BCUT2D eigenvalue weighted by Gasteiger charge is 2.20. The highest BCUT2D eigenvalue weighted by Crippen LogP contribution is 2.31. The Bertz CT molecular complexity index is 968. The summed E-state index contributed by atoms with van der Waals surface area (Å²) in [5.41, 5.74) is 0.920. The number of hydrogen-bond donors (Lipinski definition) is 1. The summed E-state index contributed by atoms with van der Waals surface area (Å²) in [6.07, 6.45) is 0. The monoisotopic (exact) mass is 418 g/mol. The normalized spacial score (nSPS) is 15.0. The van der Waals surface area contributed by atoms with Gasteiger partial charge in [0.15, 0.2) is 11.7 Å². The molecule has 28 heavy (non-hydrogen) atoms. The van der Waals surface area contributed by atoms with E-state index in [0.717, 1.165) is 41.5 Å². The van der Waals surface area contributed by atoms with Crippen molar-refractivity contribution in [1.82, 2.24) is 4.98 Å². The Morgan fingerprint density at radius 2 is 1.89 bits per heavy atom. The second kappa shape index (κ2) is 8.34. The fourth-order valence-corrected chi connectivity index (χ4v) is 4.18. The van der Waals surface area contributed by atoms with Crippen LogP contribution in [0.4, 0.5) is 5.13 Å². The molecule has 3 aromatic rings. The Kier molecular flexibility index (Phi) is 5.66. The number of carbonyl (C=O) groups is 1. The predicted molar refractivity (Wildman–Crippen MR) is 111 cm³/mol. The number of aromatic nitrogens is 1. The van der Waals surface area contributed by atoms with Crippen LogP contribution in [0.15, 0.2) is 42.5 Å². The van der Waals surface area contributed by atoms with Crippen molar-refractivity contribution in [3.05, 3.63) is 47.5 Å². The number of esters is 1. The van der Waals surface area contributed by atoms with Gasteiger partial charge in [-0.15, -0.1) is 0 Å². The summed E-state index contributed by atoms with van der Waals surface area (Å²) in [5, 5.41) is 1.64. The van der Waals surface area contributed by atoms with Gasteiger partial charge in [-0.3, -0.25) is 0 Å². The van der Waals surface area contributed by atoms with Crippen LogP contribution in [-0.2, 0) is 4.79 Å². The maximum absolute atomic E-state index is 12.1. The summed E-state index contributed by atoms with van der Waals surface area (Å²) in [4.78, 5) is 20.7. The third-order valence-corrected chi connectivity index (χ3v) is 5.97. The number of hydrogen-bond acceptors (Lipinski definition) is 6. The maximum Gasteiger partial charge on any atom is 0.349 e. The molecule has 0 radical (unpaired) electrons. The number of anilines is 1. The van der Waals surface area contributed by atoms with E-state index in [0.29, 0.717) is 16.5 Å². The fourth-order valence-electron chi connectivity index (χ4n) is 3.01. The zero-order valence-electron chi connectivity index (χ0n) is 15.5. The first-order valence-corrected chi connectivity index (χ1v) is 10.3. The number of nitrogens with zero attached hydrogens (tertiary/aromatic N) is 2. The molecule has 0 spiro atoms. The number of quaternary nitrogens is 1. The number of thiazole rings is 1. The Balaban J connectivity index is 1.38. The van der Waals surface area contributed by atoms with Crippen LogP contribution in [0, 0.1) is 0 Å². The number of benzene rings is 2. The van der Waals surface area contributed by atoms with Gasteiger partial charge in [0.2, 0.25) is 0 Å². The fraction of sp³-hybridized carbons (Fsp3) is 0.300. The molecule has 2 heterocycles. The number of halogens is 1. The summed E-state index contributed by atoms with van der Waals surface area (Å²) in [5.74, 6) is 0.606. The molecule has 0 amide bonds. The highest BCUT2D eigenvalue weighted by atomic mass is 35.5. The molecule has 6 nitrogen and oxygen atoms in total. The van der Waals surface area contributed by atoms with Crippen molar-refractivity contribution >= 4 is 44.3 Å². The van der Waals surface area contributed by atoms with Gasteiger partial charge in [0, 0.05) is 11.1 Å². The Morgan fingerprint density at radius 3 is 2.64 bits per heavy atom. The van der Waals surface area contributed by atoms with Gasteiger partial charge in [0.1, 0.15) is 11.5 Å². The standard InChI is InChI=1S/C20H20ClN3O3S/c1-23-8-10-24(11-9-23)20-22-17-7-6-16(12-18(17)28-20)27-19(25)13-26-15-4-2-14(21)3-5-15/h2-7,12H,8-11,13H2,1H3/p+1. The zero-order valence-corrected chi connectivity index (χ0v) is 17.1. The zero-order chi connectivity index (χ0) is 19.5. The molecule has 8 heteroatoms. The molecular weight excluding hydrogens is 398 g/mol. The summed E-state index contributed by atoms with van der Waals surface area (Å²) in [7, 11) is 2.22. The summed E-state index contributed by atoms with van der Waals surface area (Å²) in [6.45, 7) is 4.08. The van der Waals surface area contributed by atoms with Crippen molar-refractivity contribution < 1.29 is 19.2 Å². The number of nitrogens with one attached hydrogen (secondary N) is 1. The van der Waals surface area contributed by atoms with Crippen molar-refractivity contribution in [3.63, 3.8) is 0 Å². The van der Waals surface area contributed by atoms with Crippen molar-refractivity contribution in [2.24, 2.45) is 0 Å². The van der Waals surface area contributed by atoms with E-state index in [4.69, 9.17) is 26.1 Å². The molecule has 0 aliphatic carbocycles. The molecular formula is C20H21ClN3O3S+. The van der Waals surface area contributed by atoms with Gasteiger partial charge in [-0.2, -0.15) is 0 Å². The van der Waals surface area contributed by atoms with Gasteiger partial charge in [-0.25, -0.2) is 9.78 Å². The first-order valence-electron chi connectivity index (χ1n) is 9.13. The average molecular weight is 419 g/mol. The van der Waals surface area contributed by atoms with E-state index in [1.165, 1.54) is 0 Å². The van der Waals surface area contributed by atoms with Crippen LogP contribution in [0.1, 0.15) is 0 Å². The van der Waals surface area contributed by atoms with E-state index in [1.807, 2.05) is 12.1 Å². The Labute approximate surface area is 172 Å². The quantitative estimate of drug-likeness (QED) is 0.509. The number of likely N-dealkylation sites (N-methyl/N-ethyl adjacent to an activating group) is 1. The summed E-state index contributed by atoms with van der Waals surface area (Å²) in [6, 6.07) is 12.3. The third kappa shape index (κ3) is 4.55. The van der Waals surface area contributed by atoms with Gasteiger partial charge in [-0.05, 0) is 36.4 Å². The van der Waals surface area contributed by atoms with Crippen LogP contribution in [0.5, 0.6) is 11.5 Å². The van der Waals surface area contributed by atoms with E-state index in [1.54, 1.807) is 46.6 Å². The second-order valence-corrected chi connectivity index (χ2v) is 8.23. The van der Waals surface area contributed by atoms with Crippen LogP contribution < -0.4 is 19.3 Å². The molecule has 1 aliphatic rings. The lowest BCUT2D eigenvalue weighted by atomic mass is 10.3. The number of carbonyl (C=O) groups excluding carboxylic acids is 1. The van der Waals surface area contributed by atoms with Gasteiger partial charge >= 0.3 is 5.97 Å². The average Bonchev–Trinajstić information content (AvgIpc) is 3.11. The van der Waals surface area contributed by atoms with E-state index < -0.39 is 5.97 Å². The maximum atomic E-state index is 12.1. The minimum atomic E-state index is -0.457. The van der Waals surface area contributed by atoms with Crippen LogP contribution in [0.3, 0.4) is 0 Å². The van der Waals surface area contributed by atoms with Gasteiger partial charge in [0.25, 0.3) is 0 Å². The lowest BCUT2D eigenvalue weighted by molar-refractivity contribution is -0.880. The Morgan fingerprint density at radius 1 is 1.18 bits per heavy atom. The number of rotatable bonds is 5. The molecule has 0 unspecified atom stereocenters. The molecule has 0 bridgehead atoms. The highest BCUT2D eigenvalue weighted by molar-refractivity contribution is 7.22. The predicted octanol–water partition coefficient (Wildman–Crippen LogP) is 2.27. The van der Waals surface area contributed by atoms with Crippen molar-refractivity contribution in [1.29, 1.82) is 0 Å². The number of ether oxygens (including phenoxy) is 2. The Hall–Kier alpha value is -2.35. The van der Waals surface area contributed by atoms with Crippen molar-refractivity contribution in [2.75, 3.05) is 44.7 Å². The number of fused-ring (bicyclic) bond motifs is 1. The van der Waals surface area contributed by atoms with Crippen LogP contribution in [0.2, 0.25) is 5.02 Å². The molecule has 1 aromatic heterocycles. The number of piperazine rings is 1. The second-order valence-electron chi connectivity index (χ2n) is 6.79. The molecule has 1 aliphatic heterocycles. The van der Waals surface area contributed by atoms with Crippen molar-refractivity contribution in [2.45, 2.75) is 0 Å². The van der Waals surface area contributed by atoms with E-state index >= 15 is 0 Å². The molecule has 2 aromatic carbocycles. The molecule has 0 atom stereocenters. The van der Waals surface area contributed by atoms with Gasteiger partial charge in [-0.1, -0.05) is 22.9 Å². The lowest BCUT2D eigenvalue weighted by Crippen LogP contribution is -3.12. The smallest absolute Gasteiger partial charge is 0.349 e. The third-order valence-electron chi connectivity index (χ3n) is 4.64. The molecule has 1 fully saturated rings. The summed E-state index contributed by atoms with van der Waals surface area (Å²) < 4.78 is 11.8. The van der Waals surface area contributed by atoms with Crippen LogP contribution in [0.25, 0.3) is 10.2 Å².